The Labute approximate surface area is 85.2 Å². The van der Waals surface area contributed by atoms with Crippen LogP contribution >= 0.6 is 0 Å². The van der Waals surface area contributed by atoms with Crippen molar-refractivity contribution in [2.75, 3.05) is 7.11 Å². The largest absolute Gasteiger partial charge is 0.356 e. The van der Waals surface area contributed by atoms with Gasteiger partial charge in [0.2, 0.25) is 0 Å². The van der Waals surface area contributed by atoms with E-state index in [1.54, 1.807) is 7.11 Å². The van der Waals surface area contributed by atoms with Crippen molar-refractivity contribution in [2.45, 2.75) is 19.8 Å². The van der Waals surface area contributed by atoms with Crippen LogP contribution in [-0.2, 0) is 16.1 Å². The third-order valence-corrected chi connectivity index (χ3v) is 2.03. The SMILES string of the molecule is C=Cc1ccc(COC(C)OC)cc1. The highest BCUT2D eigenvalue weighted by atomic mass is 16.7. The van der Waals surface area contributed by atoms with Crippen LogP contribution in [0.25, 0.3) is 6.08 Å². The highest BCUT2D eigenvalue weighted by molar-refractivity contribution is 5.47. The molecule has 2 nitrogen and oxygen atoms in total. The minimum atomic E-state index is -0.158. The van der Waals surface area contributed by atoms with Crippen molar-refractivity contribution in [3.05, 3.63) is 42.0 Å². The van der Waals surface area contributed by atoms with Gasteiger partial charge in [0, 0.05) is 7.11 Å². The third-order valence-electron chi connectivity index (χ3n) is 2.03. The molecule has 1 atom stereocenters. The zero-order chi connectivity index (χ0) is 10.4. The van der Waals surface area contributed by atoms with Crippen molar-refractivity contribution < 1.29 is 9.47 Å². The molecule has 0 aliphatic heterocycles. The van der Waals surface area contributed by atoms with Crippen LogP contribution in [0.2, 0.25) is 0 Å². The van der Waals surface area contributed by atoms with Gasteiger partial charge in [0.05, 0.1) is 6.61 Å². The molecule has 0 saturated heterocycles. The molecule has 0 heterocycles. The zero-order valence-corrected chi connectivity index (χ0v) is 8.69. The lowest BCUT2D eigenvalue weighted by Crippen LogP contribution is -2.09. The fourth-order valence-corrected chi connectivity index (χ4v) is 1.03. The molecule has 2 heteroatoms. The number of benzene rings is 1. The average Bonchev–Trinajstić information content (AvgIpc) is 2.26. The van der Waals surface area contributed by atoms with Crippen LogP contribution in [0.15, 0.2) is 30.8 Å². The van der Waals surface area contributed by atoms with Gasteiger partial charge >= 0.3 is 0 Å². The van der Waals surface area contributed by atoms with Crippen LogP contribution < -0.4 is 0 Å². The van der Waals surface area contributed by atoms with E-state index in [9.17, 15) is 0 Å². The van der Waals surface area contributed by atoms with Gasteiger partial charge in [-0.2, -0.15) is 0 Å². The Morgan fingerprint density at radius 1 is 1.36 bits per heavy atom. The van der Waals surface area contributed by atoms with Crippen molar-refractivity contribution in [3.8, 4) is 0 Å². The summed E-state index contributed by atoms with van der Waals surface area (Å²) in [5.41, 5.74) is 2.26. The lowest BCUT2D eigenvalue weighted by molar-refractivity contribution is -0.118. The first-order chi connectivity index (χ1) is 6.76. The maximum Gasteiger partial charge on any atom is 0.154 e. The molecule has 1 aromatic rings. The molecule has 1 rings (SSSR count). The van der Waals surface area contributed by atoms with Gasteiger partial charge < -0.3 is 9.47 Å². The van der Waals surface area contributed by atoms with Crippen LogP contribution in [0.1, 0.15) is 18.1 Å². The van der Waals surface area contributed by atoms with Crippen LogP contribution in [0.4, 0.5) is 0 Å². The lowest BCUT2D eigenvalue weighted by atomic mass is 10.1. The van der Waals surface area contributed by atoms with E-state index in [1.165, 1.54) is 0 Å². The van der Waals surface area contributed by atoms with Gasteiger partial charge in [-0.1, -0.05) is 36.9 Å². The fraction of sp³-hybridized carbons (Fsp3) is 0.333. The molecule has 0 saturated carbocycles. The summed E-state index contributed by atoms with van der Waals surface area (Å²) in [6, 6.07) is 8.09. The maximum atomic E-state index is 5.40. The average molecular weight is 192 g/mol. The van der Waals surface area contributed by atoms with E-state index in [4.69, 9.17) is 9.47 Å². The Kier molecular flexibility index (Phi) is 4.36. The molecule has 14 heavy (non-hydrogen) atoms. The van der Waals surface area contributed by atoms with E-state index in [-0.39, 0.29) is 6.29 Å². The second kappa shape index (κ2) is 5.58. The van der Waals surface area contributed by atoms with E-state index in [0.29, 0.717) is 6.61 Å². The molecule has 1 unspecified atom stereocenters. The first kappa shape index (κ1) is 11.0. The molecule has 0 amide bonds. The molecule has 1 aromatic carbocycles. The summed E-state index contributed by atoms with van der Waals surface area (Å²) in [6.45, 7) is 6.15. The standard InChI is InChI=1S/C12H16O2/c1-4-11-5-7-12(8-6-11)9-14-10(2)13-3/h4-8,10H,1,9H2,2-3H3. The van der Waals surface area contributed by atoms with Crippen molar-refractivity contribution in [3.63, 3.8) is 0 Å². The molecule has 76 valence electrons. The summed E-state index contributed by atoms with van der Waals surface area (Å²) >= 11 is 0. The minimum Gasteiger partial charge on any atom is -0.356 e. The Balaban J connectivity index is 2.47. The van der Waals surface area contributed by atoms with Crippen LogP contribution in [-0.4, -0.2) is 13.4 Å². The summed E-state index contributed by atoms with van der Waals surface area (Å²) < 4.78 is 10.4. The molecule has 0 aromatic heterocycles. The van der Waals surface area contributed by atoms with E-state index < -0.39 is 0 Å². The Morgan fingerprint density at radius 2 is 2.00 bits per heavy atom. The molecule has 0 N–H and O–H groups in total. The van der Waals surface area contributed by atoms with Gasteiger partial charge in [-0.05, 0) is 18.1 Å². The van der Waals surface area contributed by atoms with Crippen LogP contribution in [0.5, 0.6) is 0 Å². The molecule has 0 bridgehead atoms. The molecular formula is C12H16O2. The van der Waals surface area contributed by atoms with E-state index >= 15 is 0 Å². The third kappa shape index (κ3) is 3.32. The summed E-state index contributed by atoms with van der Waals surface area (Å²) in [4.78, 5) is 0. The van der Waals surface area contributed by atoms with Gasteiger partial charge in [0.1, 0.15) is 0 Å². The second-order valence-electron chi connectivity index (χ2n) is 3.06. The van der Waals surface area contributed by atoms with Crippen LogP contribution in [0.3, 0.4) is 0 Å². The number of methoxy groups -OCH3 is 1. The quantitative estimate of drug-likeness (QED) is 0.668. The van der Waals surface area contributed by atoms with Crippen LogP contribution in [0, 0.1) is 0 Å². The first-order valence-corrected chi connectivity index (χ1v) is 4.62. The summed E-state index contributed by atoms with van der Waals surface area (Å²) in [5, 5.41) is 0. The van der Waals surface area contributed by atoms with Gasteiger partial charge in [0.15, 0.2) is 6.29 Å². The Hall–Kier alpha value is -1.12. The molecular weight excluding hydrogens is 176 g/mol. The topological polar surface area (TPSA) is 18.5 Å². The predicted octanol–water partition coefficient (Wildman–Crippen LogP) is 2.84. The lowest BCUT2D eigenvalue weighted by Gasteiger charge is -2.10. The maximum absolute atomic E-state index is 5.40. The monoisotopic (exact) mass is 192 g/mol. The van der Waals surface area contributed by atoms with Gasteiger partial charge in [-0.15, -0.1) is 0 Å². The number of hydrogen-bond acceptors (Lipinski definition) is 2. The first-order valence-electron chi connectivity index (χ1n) is 4.62. The van der Waals surface area contributed by atoms with Crippen molar-refractivity contribution in [2.24, 2.45) is 0 Å². The molecule has 0 aliphatic rings. The van der Waals surface area contributed by atoms with Gasteiger partial charge in [-0.25, -0.2) is 0 Å². The number of hydrogen-bond donors (Lipinski definition) is 0. The summed E-state index contributed by atoms with van der Waals surface area (Å²) in [6.07, 6.45) is 1.66. The fourth-order valence-electron chi connectivity index (χ4n) is 1.03. The van der Waals surface area contributed by atoms with Gasteiger partial charge in [0.25, 0.3) is 0 Å². The molecule has 0 aliphatic carbocycles. The number of rotatable bonds is 5. The van der Waals surface area contributed by atoms with E-state index in [1.807, 2.05) is 37.3 Å². The Morgan fingerprint density at radius 3 is 2.50 bits per heavy atom. The highest BCUT2D eigenvalue weighted by Gasteiger charge is 1.99. The van der Waals surface area contributed by atoms with E-state index in [0.717, 1.165) is 11.1 Å². The van der Waals surface area contributed by atoms with Crippen molar-refractivity contribution >= 4 is 6.08 Å². The summed E-state index contributed by atoms with van der Waals surface area (Å²) in [7, 11) is 1.63. The second-order valence-corrected chi connectivity index (χ2v) is 3.06. The molecule has 0 radical (unpaired) electrons. The Bertz CT molecular complexity index is 277. The number of ether oxygens (including phenoxy) is 2. The normalized spacial score (nSPS) is 12.4. The molecule has 0 fully saturated rings. The minimum absolute atomic E-state index is 0.158. The van der Waals surface area contributed by atoms with Gasteiger partial charge in [-0.3, -0.25) is 0 Å². The van der Waals surface area contributed by atoms with Crippen molar-refractivity contribution in [1.82, 2.24) is 0 Å². The van der Waals surface area contributed by atoms with E-state index in [2.05, 4.69) is 6.58 Å². The molecule has 0 spiro atoms. The smallest absolute Gasteiger partial charge is 0.154 e. The summed E-state index contributed by atoms with van der Waals surface area (Å²) in [5.74, 6) is 0. The van der Waals surface area contributed by atoms with Crippen molar-refractivity contribution in [1.29, 1.82) is 0 Å². The predicted molar refractivity (Wildman–Crippen MR) is 57.8 cm³/mol. The highest BCUT2D eigenvalue weighted by Crippen LogP contribution is 2.07. The zero-order valence-electron chi connectivity index (χ0n) is 8.69.